The predicted molar refractivity (Wildman–Crippen MR) is 105 cm³/mol. The number of aromatic nitrogens is 2. The lowest BCUT2D eigenvalue weighted by Crippen LogP contribution is -2.38. The maximum atomic E-state index is 14.3. The Morgan fingerprint density at radius 1 is 1.14 bits per heavy atom. The molecule has 28 heavy (non-hydrogen) atoms. The van der Waals surface area contributed by atoms with E-state index in [0.29, 0.717) is 35.8 Å². The van der Waals surface area contributed by atoms with Gasteiger partial charge in [-0.15, -0.1) is 0 Å². The van der Waals surface area contributed by atoms with Gasteiger partial charge in [-0.25, -0.2) is 15.0 Å². The van der Waals surface area contributed by atoms with E-state index < -0.39 is 11.5 Å². The number of nitrogens with two attached hydrogens (primary N) is 1. The molecular formula is C20H14BrFN4O2. The second kappa shape index (κ2) is 6.27. The molecule has 2 N–H and O–H groups in total. The van der Waals surface area contributed by atoms with Crippen LogP contribution in [-0.2, 0) is 10.3 Å². The molecule has 0 saturated heterocycles. The number of benzene rings is 1. The van der Waals surface area contributed by atoms with E-state index in [9.17, 15) is 4.39 Å². The van der Waals surface area contributed by atoms with Gasteiger partial charge in [0.15, 0.2) is 0 Å². The Morgan fingerprint density at radius 3 is 2.86 bits per heavy atom. The average molecular weight is 441 g/mol. The minimum absolute atomic E-state index is 0.1000. The number of hydrogen-bond donors (Lipinski definition) is 1. The molecular weight excluding hydrogens is 427 g/mol. The first-order chi connectivity index (χ1) is 13.6. The molecule has 4 heterocycles. The molecule has 2 aromatic heterocycles. The third-order valence-electron chi connectivity index (χ3n) is 4.98. The molecule has 0 radical (unpaired) electrons. The lowest BCUT2D eigenvalue weighted by molar-refractivity contribution is 0.218. The highest BCUT2D eigenvalue weighted by Gasteiger charge is 2.45. The van der Waals surface area contributed by atoms with Gasteiger partial charge in [-0.1, -0.05) is 6.07 Å². The van der Waals surface area contributed by atoms with Gasteiger partial charge in [0.2, 0.25) is 11.8 Å². The van der Waals surface area contributed by atoms with E-state index in [1.54, 1.807) is 30.5 Å². The number of pyridine rings is 2. The Kier molecular flexibility index (Phi) is 3.83. The first kappa shape index (κ1) is 17.1. The van der Waals surface area contributed by atoms with Gasteiger partial charge < -0.3 is 15.2 Å². The molecule has 1 atom stereocenters. The number of nitrogens with zero attached hydrogens (tertiary/aromatic N) is 3. The van der Waals surface area contributed by atoms with Crippen molar-refractivity contribution < 1.29 is 13.9 Å². The topological polar surface area (TPSA) is 82.6 Å². The van der Waals surface area contributed by atoms with Crippen LogP contribution in [-0.4, -0.2) is 22.6 Å². The minimum atomic E-state index is -0.823. The summed E-state index contributed by atoms with van der Waals surface area (Å²) < 4.78 is 26.5. The molecule has 0 aliphatic carbocycles. The van der Waals surface area contributed by atoms with Gasteiger partial charge in [-0.3, -0.25) is 0 Å². The van der Waals surface area contributed by atoms with Crippen LogP contribution in [0.5, 0.6) is 11.6 Å². The number of hydrogen-bond acceptors (Lipinski definition) is 6. The fourth-order valence-corrected chi connectivity index (χ4v) is 4.07. The zero-order valence-electron chi connectivity index (χ0n) is 14.5. The molecule has 1 unspecified atom stereocenters. The van der Waals surface area contributed by atoms with Crippen molar-refractivity contribution in [3.8, 4) is 22.8 Å². The lowest BCUT2D eigenvalue weighted by atomic mass is 9.78. The molecule has 6 nitrogen and oxygen atoms in total. The third-order valence-corrected chi connectivity index (χ3v) is 5.41. The van der Waals surface area contributed by atoms with Crippen LogP contribution < -0.4 is 10.5 Å². The van der Waals surface area contributed by atoms with E-state index in [0.717, 1.165) is 15.6 Å². The molecule has 140 valence electrons. The Hall–Kier alpha value is -3.00. The zero-order chi connectivity index (χ0) is 19.3. The van der Waals surface area contributed by atoms with Crippen LogP contribution in [0, 0.1) is 5.95 Å². The van der Waals surface area contributed by atoms with Crippen LogP contribution in [0.2, 0.25) is 0 Å². The summed E-state index contributed by atoms with van der Waals surface area (Å²) in [7, 11) is 0. The number of rotatable bonds is 1. The molecule has 0 fully saturated rings. The monoisotopic (exact) mass is 440 g/mol. The van der Waals surface area contributed by atoms with Crippen molar-refractivity contribution in [2.24, 2.45) is 10.7 Å². The summed E-state index contributed by atoms with van der Waals surface area (Å²) in [5, 5.41) is 0. The van der Waals surface area contributed by atoms with Crippen LogP contribution in [0.3, 0.4) is 0 Å². The second-order valence-electron chi connectivity index (χ2n) is 6.57. The first-order valence-electron chi connectivity index (χ1n) is 8.64. The second-order valence-corrected chi connectivity index (χ2v) is 7.49. The van der Waals surface area contributed by atoms with Crippen molar-refractivity contribution >= 4 is 22.0 Å². The SMILES string of the molecule is NC1=NC2(CCO1)c1cc(-c3cccnc3F)ccc1Oc1ncc(Br)cc12. The van der Waals surface area contributed by atoms with Crippen LogP contribution in [0.1, 0.15) is 17.5 Å². The number of ether oxygens (including phenoxy) is 2. The summed E-state index contributed by atoms with van der Waals surface area (Å²) in [6, 6.07) is 10.9. The van der Waals surface area contributed by atoms with Crippen molar-refractivity contribution in [3.05, 3.63) is 70.3 Å². The van der Waals surface area contributed by atoms with Gasteiger partial charge in [0.1, 0.15) is 11.3 Å². The quantitative estimate of drug-likeness (QED) is 0.575. The van der Waals surface area contributed by atoms with Crippen LogP contribution in [0.25, 0.3) is 11.1 Å². The molecule has 1 spiro atoms. The smallest absolute Gasteiger partial charge is 0.283 e. The van der Waals surface area contributed by atoms with Gasteiger partial charge in [0.25, 0.3) is 6.02 Å². The third kappa shape index (κ3) is 2.56. The summed E-state index contributed by atoms with van der Waals surface area (Å²) in [4.78, 5) is 12.8. The van der Waals surface area contributed by atoms with Crippen molar-refractivity contribution in [3.63, 3.8) is 0 Å². The molecule has 1 aromatic carbocycles. The van der Waals surface area contributed by atoms with Gasteiger partial charge in [0.05, 0.1) is 6.61 Å². The number of fused-ring (bicyclic) bond motifs is 4. The van der Waals surface area contributed by atoms with Gasteiger partial charge in [-0.05, 0) is 51.8 Å². The highest BCUT2D eigenvalue weighted by Crippen LogP contribution is 2.52. The van der Waals surface area contributed by atoms with Crippen molar-refractivity contribution in [1.29, 1.82) is 0 Å². The van der Waals surface area contributed by atoms with Crippen LogP contribution in [0.15, 0.2) is 58.3 Å². The fourth-order valence-electron chi connectivity index (χ4n) is 3.73. The zero-order valence-corrected chi connectivity index (χ0v) is 16.1. The molecule has 0 amide bonds. The van der Waals surface area contributed by atoms with Crippen LogP contribution in [0.4, 0.5) is 4.39 Å². The maximum absolute atomic E-state index is 14.3. The van der Waals surface area contributed by atoms with Crippen molar-refractivity contribution in [2.75, 3.05) is 6.61 Å². The van der Waals surface area contributed by atoms with E-state index in [1.807, 2.05) is 12.1 Å². The Balaban J connectivity index is 1.78. The molecule has 8 heteroatoms. The van der Waals surface area contributed by atoms with E-state index in [1.165, 1.54) is 6.20 Å². The highest BCUT2D eigenvalue weighted by molar-refractivity contribution is 9.10. The number of amidine groups is 1. The van der Waals surface area contributed by atoms with E-state index in [-0.39, 0.29) is 6.02 Å². The molecule has 0 bridgehead atoms. The normalized spacial score (nSPS) is 19.9. The van der Waals surface area contributed by atoms with Gasteiger partial charge in [0, 0.05) is 40.0 Å². The van der Waals surface area contributed by atoms with E-state index >= 15 is 0 Å². The minimum Gasteiger partial charge on any atom is -0.465 e. The van der Waals surface area contributed by atoms with Crippen LogP contribution >= 0.6 is 15.9 Å². The van der Waals surface area contributed by atoms with Crippen molar-refractivity contribution in [2.45, 2.75) is 12.0 Å². The predicted octanol–water partition coefficient (Wildman–Crippen LogP) is 4.13. The summed E-state index contributed by atoms with van der Waals surface area (Å²) in [6.07, 6.45) is 3.64. The van der Waals surface area contributed by atoms with Crippen molar-refractivity contribution in [1.82, 2.24) is 9.97 Å². The molecule has 2 aliphatic heterocycles. The Morgan fingerprint density at radius 2 is 2.04 bits per heavy atom. The highest BCUT2D eigenvalue weighted by atomic mass is 79.9. The first-order valence-corrected chi connectivity index (χ1v) is 9.43. The Bertz CT molecular complexity index is 1140. The summed E-state index contributed by atoms with van der Waals surface area (Å²) in [5.74, 6) is 0.538. The van der Waals surface area contributed by atoms with Gasteiger partial charge in [-0.2, -0.15) is 4.39 Å². The standard InChI is InChI=1S/C20H14BrFN4O2/c21-12-9-15-18(25-10-12)28-16-4-3-11(13-2-1-6-24-17(13)22)8-14(16)20(15)5-7-27-19(23)26-20/h1-4,6,8-10H,5,7H2,(H2,23,26). The lowest BCUT2D eigenvalue weighted by Gasteiger charge is -2.38. The number of aliphatic imine (C=N–C) groups is 1. The molecule has 3 aromatic rings. The molecule has 0 saturated carbocycles. The summed E-state index contributed by atoms with van der Waals surface area (Å²) in [5.41, 5.74) is 7.78. The average Bonchev–Trinajstić information content (AvgIpc) is 2.69. The molecule has 5 rings (SSSR count). The fraction of sp³-hybridized carbons (Fsp3) is 0.150. The molecule has 2 aliphatic rings. The van der Waals surface area contributed by atoms with Gasteiger partial charge >= 0.3 is 0 Å². The maximum Gasteiger partial charge on any atom is 0.283 e. The number of halogens is 2. The summed E-state index contributed by atoms with van der Waals surface area (Å²) >= 11 is 3.47. The largest absolute Gasteiger partial charge is 0.465 e. The van der Waals surface area contributed by atoms with E-state index in [2.05, 4.69) is 30.9 Å². The Labute approximate surface area is 168 Å². The van der Waals surface area contributed by atoms with E-state index in [4.69, 9.17) is 15.2 Å². The summed E-state index contributed by atoms with van der Waals surface area (Å²) in [6.45, 7) is 0.395.